The Morgan fingerprint density at radius 3 is 1.79 bits per heavy atom. The maximum Gasteiger partial charge on any atom is 0.278 e. The van der Waals surface area contributed by atoms with Crippen molar-refractivity contribution in [1.82, 2.24) is 29.1 Å². The highest BCUT2D eigenvalue weighted by molar-refractivity contribution is 5.97. The topological polar surface area (TPSA) is 146 Å². The number of aromatic hydroxyl groups is 1. The molecule has 6 aromatic rings. The molecule has 1 N–H and O–H groups in total. The third kappa shape index (κ3) is 6.79. The maximum absolute atomic E-state index is 14.7. The van der Waals surface area contributed by atoms with Gasteiger partial charge in [-0.25, -0.2) is 0 Å². The summed E-state index contributed by atoms with van der Waals surface area (Å²) in [6, 6.07) is 26.9. The highest BCUT2D eigenvalue weighted by Crippen LogP contribution is 2.38. The first-order chi connectivity index (χ1) is 30.4. The monoisotopic (exact) mass is 826 g/mol. The number of hydrogen-bond acceptors (Lipinski definition) is 10. The molecule has 2 atom stereocenters. The number of carbonyl (C=O) groups is 2. The summed E-state index contributed by atoms with van der Waals surface area (Å²) in [6.45, 7) is 0.872. The second kappa shape index (κ2) is 16.0. The largest absolute Gasteiger partial charge is 0.502 e. The van der Waals surface area contributed by atoms with Crippen LogP contribution in [0.15, 0.2) is 150 Å². The molecule has 14 heteroatoms. The average molecular weight is 827 g/mol. The van der Waals surface area contributed by atoms with Crippen molar-refractivity contribution >= 4 is 11.8 Å². The number of allylic oxidation sites excluding steroid dienone is 2. The molecule has 2 aromatic carbocycles. The van der Waals surface area contributed by atoms with Crippen molar-refractivity contribution in [2.24, 2.45) is 0 Å². The Morgan fingerprint density at radius 2 is 1.15 bits per heavy atom. The zero-order chi connectivity index (χ0) is 42.3. The summed E-state index contributed by atoms with van der Waals surface area (Å²) in [4.78, 5) is 68.3. The molecule has 0 spiro atoms. The van der Waals surface area contributed by atoms with E-state index in [0.717, 1.165) is 40.8 Å². The van der Waals surface area contributed by atoms with Crippen molar-refractivity contribution in [3.63, 3.8) is 0 Å². The Bertz CT molecular complexity index is 2910. The number of benzene rings is 2. The minimum absolute atomic E-state index is 0.0690. The van der Waals surface area contributed by atoms with E-state index in [-0.39, 0.29) is 48.7 Å². The molecular formula is C48H42N8O6. The number of pyridine rings is 4. The van der Waals surface area contributed by atoms with E-state index in [1.807, 2.05) is 71.8 Å². The van der Waals surface area contributed by atoms with Crippen LogP contribution >= 0.6 is 0 Å². The van der Waals surface area contributed by atoms with Gasteiger partial charge >= 0.3 is 0 Å². The van der Waals surface area contributed by atoms with Crippen LogP contribution < -0.4 is 25.6 Å². The molecule has 4 aromatic heterocycles. The van der Waals surface area contributed by atoms with E-state index in [1.54, 1.807) is 45.2 Å². The number of aryl methyl sites for hydroxylation is 2. The van der Waals surface area contributed by atoms with E-state index >= 15 is 0 Å². The second-order valence-electron chi connectivity index (χ2n) is 15.6. The van der Waals surface area contributed by atoms with Crippen LogP contribution in [0.4, 0.5) is 0 Å². The lowest BCUT2D eigenvalue weighted by atomic mass is 9.94. The number of nitrogens with zero attached hydrogens (tertiary/aromatic N) is 8. The zero-order valence-electron chi connectivity index (χ0n) is 33.7. The van der Waals surface area contributed by atoms with Gasteiger partial charge in [0.1, 0.15) is 31.2 Å². The minimum atomic E-state index is -0.678. The fourth-order valence-corrected chi connectivity index (χ4v) is 8.97. The van der Waals surface area contributed by atoms with Crippen LogP contribution in [0, 0.1) is 0 Å². The first-order valence-electron chi connectivity index (χ1n) is 20.7. The van der Waals surface area contributed by atoms with Crippen LogP contribution in [-0.4, -0.2) is 72.5 Å². The van der Waals surface area contributed by atoms with Gasteiger partial charge < -0.3 is 19.6 Å². The van der Waals surface area contributed by atoms with Crippen molar-refractivity contribution in [3.8, 4) is 17.2 Å². The predicted octanol–water partition coefficient (Wildman–Crippen LogP) is 5.58. The van der Waals surface area contributed by atoms with Crippen LogP contribution in [-0.2, 0) is 12.8 Å². The molecule has 0 unspecified atom stereocenters. The summed E-state index contributed by atoms with van der Waals surface area (Å²) in [7, 11) is 0. The molecule has 0 aliphatic carbocycles. The molecule has 0 fully saturated rings. The number of hydrogen-bond donors (Lipinski definition) is 1. The van der Waals surface area contributed by atoms with Gasteiger partial charge in [-0.05, 0) is 66.1 Å². The van der Waals surface area contributed by atoms with Crippen LogP contribution in [0.25, 0.3) is 0 Å². The van der Waals surface area contributed by atoms with Crippen molar-refractivity contribution < 1.29 is 19.4 Å². The minimum Gasteiger partial charge on any atom is -0.502 e. The van der Waals surface area contributed by atoms with Crippen molar-refractivity contribution in [2.75, 3.05) is 36.4 Å². The third-order valence-corrected chi connectivity index (χ3v) is 11.9. The molecule has 62 heavy (non-hydrogen) atoms. The maximum atomic E-state index is 14.7. The Hall–Kier alpha value is -7.74. The summed E-state index contributed by atoms with van der Waals surface area (Å²) in [5.41, 5.74) is 4.16. The Kier molecular flexibility index (Phi) is 9.94. The molecule has 310 valence electrons. The van der Waals surface area contributed by atoms with Crippen LogP contribution in [0.2, 0.25) is 0 Å². The smallest absolute Gasteiger partial charge is 0.278 e. The van der Waals surface area contributed by atoms with E-state index in [4.69, 9.17) is 14.7 Å². The highest BCUT2D eigenvalue weighted by Gasteiger charge is 2.40. The van der Waals surface area contributed by atoms with E-state index in [2.05, 4.69) is 29.3 Å². The van der Waals surface area contributed by atoms with Crippen LogP contribution in [0.3, 0.4) is 0 Å². The van der Waals surface area contributed by atoms with Gasteiger partial charge in [0.2, 0.25) is 16.6 Å². The summed E-state index contributed by atoms with van der Waals surface area (Å²) >= 11 is 0. The normalized spacial score (nSPS) is 19.5. The average Bonchev–Trinajstić information content (AvgIpc) is 3.34. The van der Waals surface area contributed by atoms with Gasteiger partial charge in [0, 0.05) is 56.1 Å². The van der Waals surface area contributed by atoms with Crippen molar-refractivity contribution in [3.05, 3.63) is 206 Å². The van der Waals surface area contributed by atoms with E-state index in [1.165, 1.54) is 23.0 Å². The van der Waals surface area contributed by atoms with Gasteiger partial charge in [-0.1, -0.05) is 78.9 Å². The zero-order valence-corrected chi connectivity index (χ0v) is 33.7. The summed E-state index contributed by atoms with van der Waals surface area (Å²) < 4.78 is 9.86. The van der Waals surface area contributed by atoms with Gasteiger partial charge in [0.25, 0.3) is 11.8 Å². The lowest BCUT2D eigenvalue weighted by molar-refractivity contribution is 0.0693. The molecule has 2 amide bonds. The van der Waals surface area contributed by atoms with E-state index < -0.39 is 34.6 Å². The Labute approximate surface area is 356 Å². The first kappa shape index (κ1) is 38.5. The third-order valence-electron chi connectivity index (χ3n) is 11.9. The quantitative estimate of drug-likeness (QED) is 0.224. The van der Waals surface area contributed by atoms with Crippen LogP contribution in [0.5, 0.6) is 17.2 Å². The summed E-state index contributed by atoms with van der Waals surface area (Å²) in [5.74, 6) is -1.38. The van der Waals surface area contributed by atoms with Gasteiger partial charge in [0.05, 0.1) is 11.4 Å². The number of rotatable bonds is 4. The van der Waals surface area contributed by atoms with E-state index in [9.17, 15) is 24.3 Å². The number of fused-ring (bicyclic) bond motifs is 10. The van der Waals surface area contributed by atoms with Gasteiger partial charge in [-0.2, -0.15) is 0 Å². The van der Waals surface area contributed by atoms with Gasteiger partial charge in [0.15, 0.2) is 17.1 Å². The Balaban J connectivity index is 1.12. The molecule has 0 radical (unpaired) electrons. The molecule has 0 saturated carbocycles. The summed E-state index contributed by atoms with van der Waals surface area (Å²) in [5, 5.41) is 15.0. The van der Waals surface area contributed by atoms with Crippen molar-refractivity contribution in [2.45, 2.75) is 37.8 Å². The van der Waals surface area contributed by atoms with E-state index in [0.29, 0.717) is 25.1 Å². The molecular weight excluding hydrogens is 785 g/mol. The number of ether oxygens (including phenoxy) is 1. The summed E-state index contributed by atoms with van der Waals surface area (Å²) in [6.07, 6.45) is 17.5. The fourth-order valence-electron chi connectivity index (χ4n) is 8.97. The lowest BCUT2D eigenvalue weighted by Gasteiger charge is -2.44. The highest BCUT2D eigenvalue weighted by atomic mass is 16.5. The van der Waals surface area contributed by atoms with Gasteiger partial charge in [-0.15, -0.1) is 0 Å². The Morgan fingerprint density at radius 1 is 0.581 bits per heavy atom. The van der Waals surface area contributed by atoms with Crippen molar-refractivity contribution in [1.29, 1.82) is 0 Å². The SMILES string of the molecule is O=C1c2c(O)c(=O)ccn2N2CN1C/C=C/CCc1ccccc1[C@H]2c1cc(Oc2c3n(ccc2=O)N2CN(C/C=C/CCc4ccccc4[C@@H]2c2ccccn2)C3=O)ccn1. The predicted molar refractivity (Wildman–Crippen MR) is 231 cm³/mol. The molecule has 10 rings (SSSR count). The molecule has 0 saturated heterocycles. The molecule has 4 aliphatic heterocycles. The number of aromatic nitrogens is 4. The number of amides is 2. The standard InChI is InChI=1S/C48H42N8O6/c57-39-21-27-53-43(45(39)59)47(60)51-25-11-1-4-14-33-16-6-8-18-36(33)42(56(53)30-51)38-29-34(20-24-50-38)62-46-40(58)22-28-54-44(46)48(61)52-26-12-2-3-13-32-15-5-7-17-35(32)41(55(54)31-52)37-19-9-10-23-49-37/h1-2,5-12,15-24,27-29,41-42,59H,3-4,13-14,25-26,30-31H2/b11-1+,12-2+/t41-,42+/m1/s1. The molecule has 14 nitrogen and oxygen atoms in total. The lowest BCUT2D eigenvalue weighted by Crippen LogP contribution is -2.55. The van der Waals surface area contributed by atoms with Gasteiger partial charge in [-0.3, -0.25) is 48.5 Å². The second-order valence-corrected chi connectivity index (χ2v) is 15.6. The molecule has 4 bridgehead atoms. The number of carbonyl (C=O) groups excluding carboxylic acids is 2. The van der Waals surface area contributed by atoms with Crippen LogP contribution in [0.1, 0.15) is 79.5 Å². The molecule has 4 aliphatic rings. The molecule has 8 heterocycles. The fraction of sp³-hybridized carbons (Fsp3) is 0.208. The first-order valence-corrected chi connectivity index (χ1v) is 20.7.